The number of nitro benzene ring substituents is 1. The van der Waals surface area contributed by atoms with Crippen LogP contribution in [0.3, 0.4) is 0 Å². The summed E-state index contributed by atoms with van der Waals surface area (Å²) in [6, 6.07) is 10.4. The highest BCUT2D eigenvalue weighted by molar-refractivity contribution is 6.31. The van der Waals surface area contributed by atoms with E-state index in [0.717, 1.165) is 12.1 Å². The average molecular weight is 394 g/mol. The molecule has 0 saturated heterocycles. The number of carbonyl (C=O) groups excluding carboxylic acids is 1. The molecule has 1 heterocycles. The average Bonchev–Trinajstić information content (AvgIpc) is 3.08. The molecule has 2 aromatic carbocycles. The van der Waals surface area contributed by atoms with E-state index in [2.05, 4.69) is 10.1 Å². The third-order valence-corrected chi connectivity index (χ3v) is 3.72. The first-order valence-corrected chi connectivity index (χ1v) is 7.89. The van der Waals surface area contributed by atoms with E-state index in [4.69, 9.17) is 32.5 Å². The van der Waals surface area contributed by atoms with Crippen LogP contribution in [0.5, 0.6) is 0 Å². The van der Waals surface area contributed by atoms with Gasteiger partial charge in [0.25, 0.3) is 11.6 Å². The van der Waals surface area contributed by atoms with Crippen molar-refractivity contribution < 1.29 is 19.0 Å². The van der Waals surface area contributed by atoms with Crippen molar-refractivity contribution in [2.45, 2.75) is 6.61 Å². The number of aromatic nitrogens is 2. The van der Waals surface area contributed by atoms with Gasteiger partial charge in [-0.2, -0.15) is 4.98 Å². The molecule has 8 nitrogen and oxygen atoms in total. The molecule has 0 amide bonds. The van der Waals surface area contributed by atoms with Crippen molar-refractivity contribution in [2.75, 3.05) is 0 Å². The van der Waals surface area contributed by atoms with E-state index in [0.29, 0.717) is 10.6 Å². The van der Waals surface area contributed by atoms with Crippen LogP contribution in [0.1, 0.15) is 16.2 Å². The maximum absolute atomic E-state index is 12.1. The summed E-state index contributed by atoms with van der Waals surface area (Å²) in [5.41, 5.74) is -0.0501. The number of rotatable bonds is 5. The lowest BCUT2D eigenvalue weighted by atomic mass is 10.2. The minimum Gasteiger partial charge on any atom is -0.452 e. The number of hydrogen-bond acceptors (Lipinski definition) is 7. The monoisotopic (exact) mass is 393 g/mol. The second-order valence-electron chi connectivity index (χ2n) is 5.02. The number of hydrogen-bond donors (Lipinski definition) is 0. The molecule has 3 rings (SSSR count). The fourth-order valence-corrected chi connectivity index (χ4v) is 2.46. The number of carbonyl (C=O) groups is 1. The normalized spacial score (nSPS) is 10.5. The van der Waals surface area contributed by atoms with Gasteiger partial charge in [0, 0.05) is 21.7 Å². The number of halogens is 2. The zero-order valence-corrected chi connectivity index (χ0v) is 14.4. The smallest absolute Gasteiger partial charge is 0.345 e. The maximum atomic E-state index is 12.1. The molecule has 26 heavy (non-hydrogen) atoms. The molecule has 132 valence electrons. The minimum atomic E-state index is -0.929. The van der Waals surface area contributed by atoms with Crippen LogP contribution in [0.15, 0.2) is 47.0 Å². The van der Waals surface area contributed by atoms with Crippen molar-refractivity contribution in [2.24, 2.45) is 0 Å². The largest absolute Gasteiger partial charge is 0.452 e. The minimum absolute atomic E-state index is 0.0259. The number of ether oxygens (including phenoxy) is 1. The van der Waals surface area contributed by atoms with E-state index in [1.807, 2.05) is 0 Å². The van der Waals surface area contributed by atoms with Crippen molar-refractivity contribution in [1.29, 1.82) is 0 Å². The first-order valence-electron chi connectivity index (χ1n) is 7.13. The van der Waals surface area contributed by atoms with Gasteiger partial charge >= 0.3 is 5.97 Å². The Kier molecular flexibility index (Phi) is 5.15. The van der Waals surface area contributed by atoms with Crippen LogP contribution in [0.25, 0.3) is 11.4 Å². The third-order valence-electron chi connectivity index (χ3n) is 3.25. The van der Waals surface area contributed by atoms with Gasteiger partial charge in [0.05, 0.1) is 4.92 Å². The van der Waals surface area contributed by atoms with E-state index in [1.165, 1.54) is 6.07 Å². The molecule has 0 aliphatic heterocycles. The van der Waals surface area contributed by atoms with E-state index >= 15 is 0 Å². The Hall–Kier alpha value is -2.97. The molecule has 0 atom stereocenters. The Bertz CT molecular complexity index is 990. The standard InChI is InChI=1S/C16H9Cl2N3O5/c17-10-3-1-2-9(6-10)15-19-14(26-20-15)8-25-16(22)12-7-11(18)4-5-13(12)21(23)24/h1-7H,8H2. The molecule has 0 aliphatic carbocycles. The summed E-state index contributed by atoms with van der Waals surface area (Å²) in [6.07, 6.45) is 0. The molecule has 0 unspecified atom stereocenters. The van der Waals surface area contributed by atoms with Crippen molar-refractivity contribution in [1.82, 2.24) is 10.1 Å². The zero-order chi connectivity index (χ0) is 18.7. The first kappa shape index (κ1) is 17.8. The van der Waals surface area contributed by atoms with Crippen molar-refractivity contribution in [3.63, 3.8) is 0 Å². The number of esters is 1. The highest BCUT2D eigenvalue weighted by Crippen LogP contribution is 2.24. The van der Waals surface area contributed by atoms with Crippen LogP contribution in [-0.2, 0) is 11.3 Å². The highest BCUT2D eigenvalue weighted by Gasteiger charge is 2.22. The first-order chi connectivity index (χ1) is 12.4. The van der Waals surface area contributed by atoms with Gasteiger partial charge in [-0.25, -0.2) is 4.79 Å². The van der Waals surface area contributed by atoms with Gasteiger partial charge in [-0.05, 0) is 24.3 Å². The Morgan fingerprint density at radius 3 is 2.69 bits per heavy atom. The second kappa shape index (κ2) is 7.51. The molecular formula is C16H9Cl2N3O5. The Balaban J connectivity index is 1.73. The molecule has 0 saturated carbocycles. The van der Waals surface area contributed by atoms with Crippen molar-refractivity contribution in [3.8, 4) is 11.4 Å². The van der Waals surface area contributed by atoms with Crippen LogP contribution in [0, 0.1) is 10.1 Å². The Morgan fingerprint density at radius 2 is 1.96 bits per heavy atom. The zero-order valence-electron chi connectivity index (χ0n) is 12.9. The summed E-state index contributed by atoms with van der Waals surface area (Å²) < 4.78 is 10.0. The predicted octanol–water partition coefficient (Wildman–Crippen LogP) is 4.31. The van der Waals surface area contributed by atoms with E-state index in [9.17, 15) is 14.9 Å². The summed E-state index contributed by atoms with van der Waals surface area (Å²) in [6.45, 7) is -0.351. The topological polar surface area (TPSA) is 108 Å². The van der Waals surface area contributed by atoms with Crippen molar-refractivity contribution >= 4 is 34.9 Å². The van der Waals surface area contributed by atoms with Crippen LogP contribution in [0.2, 0.25) is 10.0 Å². The third kappa shape index (κ3) is 3.98. The fourth-order valence-electron chi connectivity index (χ4n) is 2.09. The Labute approximate surface area is 156 Å². The van der Waals surface area contributed by atoms with Crippen LogP contribution in [0.4, 0.5) is 5.69 Å². The summed E-state index contributed by atoms with van der Waals surface area (Å²) in [7, 11) is 0. The lowest BCUT2D eigenvalue weighted by Gasteiger charge is -2.03. The predicted molar refractivity (Wildman–Crippen MR) is 92.0 cm³/mol. The van der Waals surface area contributed by atoms with Gasteiger partial charge in [0.2, 0.25) is 5.82 Å². The number of nitrogens with zero attached hydrogens (tertiary/aromatic N) is 3. The van der Waals surface area contributed by atoms with Gasteiger partial charge in [-0.3, -0.25) is 10.1 Å². The Morgan fingerprint density at radius 1 is 1.19 bits per heavy atom. The summed E-state index contributed by atoms with van der Waals surface area (Å²) in [4.78, 5) is 26.5. The molecule has 1 aromatic heterocycles. The lowest BCUT2D eigenvalue weighted by molar-refractivity contribution is -0.385. The molecule has 0 bridgehead atoms. The number of nitro groups is 1. The summed E-state index contributed by atoms with van der Waals surface area (Å²) in [5, 5.41) is 15.5. The second-order valence-corrected chi connectivity index (χ2v) is 5.89. The van der Waals surface area contributed by atoms with Gasteiger partial charge in [-0.1, -0.05) is 40.5 Å². The van der Waals surface area contributed by atoms with Gasteiger partial charge in [0.1, 0.15) is 5.56 Å². The molecule has 0 fully saturated rings. The molecule has 3 aromatic rings. The fraction of sp³-hybridized carbons (Fsp3) is 0.0625. The van der Waals surface area contributed by atoms with E-state index in [-0.39, 0.29) is 28.9 Å². The van der Waals surface area contributed by atoms with E-state index in [1.54, 1.807) is 24.3 Å². The maximum Gasteiger partial charge on any atom is 0.345 e. The van der Waals surface area contributed by atoms with Gasteiger partial charge in [0.15, 0.2) is 6.61 Å². The lowest BCUT2D eigenvalue weighted by Crippen LogP contribution is -2.08. The molecular weight excluding hydrogens is 385 g/mol. The summed E-state index contributed by atoms with van der Waals surface area (Å²) in [5.74, 6) is -0.632. The molecule has 0 radical (unpaired) electrons. The highest BCUT2D eigenvalue weighted by atomic mass is 35.5. The van der Waals surface area contributed by atoms with Crippen LogP contribution < -0.4 is 0 Å². The molecule has 0 spiro atoms. The van der Waals surface area contributed by atoms with Crippen LogP contribution >= 0.6 is 23.2 Å². The quantitative estimate of drug-likeness (QED) is 0.360. The molecule has 0 N–H and O–H groups in total. The summed E-state index contributed by atoms with van der Waals surface area (Å²) >= 11 is 11.7. The van der Waals surface area contributed by atoms with Crippen LogP contribution in [-0.4, -0.2) is 21.0 Å². The molecule has 10 heteroatoms. The van der Waals surface area contributed by atoms with Crippen molar-refractivity contribution in [3.05, 3.63) is 74.1 Å². The SMILES string of the molecule is O=C(OCc1nc(-c2cccc(Cl)c2)no1)c1cc(Cl)ccc1[N+](=O)[O-]. The van der Waals surface area contributed by atoms with E-state index < -0.39 is 16.6 Å². The van der Waals surface area contributed by atoms with Gasteiger partial charge < -0.3 is 9.26 Å². The number of benzene rings is 2. The molecule has 0 aliphatic rings. The van der Waals surface area contributed by atoms with Gasteiger partial charge in [-0.15, -0.1) is 0 Å².